The van der Waals surface area contributed by atoms with Crippen LogP contribution in [-0.4, -0.2) is 27.3 Å². The largest absolute Gasteiger partial charge is 0.331 e. The Bertz CT molecular complexity index is 206. The molecule has 0 saturated heterocycles. The van der Waals surface area contributed by atoms with Crippen molar-refractivity contribution in [1.29, 1.82) is 0 Å². The van der Waals surface area contributed by atoms with Crippen LogP contribution in [0.5, 0.6) is 0 Å². The highest BCUT2D eigenvalue weighted by atomic mass is 16.9. The van der Waals surface area contributed by atoms with Gasteiger partial charge in [0.2, 0.25) is 0 Å². The lowest BCUT2D eigenvalue weighted by molar-refractivity contribution is -0.380. The Morgan fingerprint density at radius 3 is 1.48 bits per heavy atom. The Labute approximate surface area is 132 Å². The first-order valence-electron chi connectivity index (χ1n) is 8.86. The molecule has 0 aromatic heterocycles. The SMILES string of the molecule is CCCCCCCCC(CCCCC)C(OC)(OC)OC. The van der Waals surface area contributed by atoms with Crippen molar-refractivity contribution < 1.29 is 14.2 Å². The van der Waals surface area contributed by atoms with Gasteiger partial charge in [-0.05, 0) is 12.8 Å². The molecule has 0 aliphatic carbocycles. The molecule has 0 spiro atoms. The van der Waals surface area contributed by atoms with Gasteiger partial charge in [0.1, 0.15) is 0 Å². The molecule has 0 aliphatic rings. The smallest absolute Gasteiger partial charge is 0.285 e. The van der Waals surface area contributed by atoms with Crippen LogP contribution in [0.25, 0.3) is 0 Å². The quantitative estimate of drug-likeness (QED) is 0.294. The van der Waals surface area contributed by atoms with E-state index in [0.717, 1.165) is 12.8 Å². The van der Waals surface area contributed by atoms with Crippen LogP contribution in [0.1, 0.15) is 84.5 Å². The predicted molar refractivity (Wildman–Crippen MR) is 89.4 cm³/mol. The molecule has 0 aliphatic heterocycles. The van der Waals surface area contributed by atoms with E-state index in [9.17, 15) is 0 Å². The van der Waals surface area contributed by atoms with Gasteiger partial charge in [-0.25, -0.2) is 0 Å². The van der Waals surface area contributed by atoms with Gasteiger partial charge in [-0.2, -0.15) is 0 Å². The number of hydrogen-bond acceptors (Lipinski definition) is 3. The van der Waals surface area contributed by atoms with Gasteiger partial charge in [0.05, 0.1) is 0 Å². The molecule has 0 radical (unpaired) electrons. The van der Waals surface area contributed by atoms with Gasteiger partial charge in [-0.15, -0.1) is 0 Å². The molecule has 0 amide bonds. The Hall–Kier alpha value is -0.120. The highest BCUT2D eigenvalue weighted by Gasteiger charge is 2.39. The van der Waals surface area contributed by atoms with Gasteiger partial charge in [0, 0.05) is 27.2 Å². The number of ether oxygens (including phenoxy) is 3. The standard InChI is InChI=1S/C18H38O3/c1-6-8-10-11-12-14-16-17(15-13-9-7-2)18(19-3,20-4)21-5/h17H,6-16H2,1-5H3. The van der Waals surface area contributed by atoms with Crippen LogP contribution in [0.2, 0.25) is 0 Å². The summed E-state index contributed by atoms with van der Waals surface area (Å²) in [5.74, 6) is -0.549. The second kappa shape index (κ2) is 13.5. The molecule has 0 saturated carbocycles. The summed E-state index contributed by atoms with van der Waals surface area (Å²) >= 11 is 0. The van der Waals surface area contributed by atoms with Gasteiger partial charge in [0.15, 0.2) is 0 Å². The highest BCUT2D eigenvalue weighted by molar-refractivity contribution is 4.71. The number of rotatable bonds is 15. The molecule has 21 heavy (non-hydrogen) atoms. The average Bonchev–Trinajstić information content (AvgIpc) is 2.52. The molecule has 1 atom stereocenters. The van der Waals surface area contributed by atoms with Gasteiger partial charge in [-0.1, -0.05) is 71.6 Å². The molecular weight excluding hydrogens is 264 g/mol. The maximum atomic E-state index is 5.58. The lowest BCUT2D eigenvalue weighted by Gasteiger charge is -2.36. The van der Waals surface area contributed by atoms with E-state index < -0.39 is 5.97 Å². The molecule has 0 fully saturated rings. The van der Waals surface area contributed by atoms with Crippen LogP contribution in [0.3, 0.4) is 0 Å². The van der Waals surface area contributed by atoms with E-state index in [2.05, 4.69) is 13.8 Å². The topological polar surface area (TPSA) is 27.7 Å². The van der Waals surface area contributed by atoms with Gasteiger partial charge < -0.3 is 14.2 Å². The van der Waals surface area contributed by atoms with Crippen LogP contribution in [0.4, 0.5) is 0 Å². The molecular formula is C18H38O3. The van der Waals surface area contributed by atoms with Crippen LogP contribution >= 0.6 is 0 Å². The first-order chi connectivity index (χ1) is 10.2. The van der Waals surface area contributed by atoms with Crippen LogP contribution in [0.15, 0.2) is 0 Å². The summed E-state index contributed by atoms with van der Waals surface area (Å²) in [6.07, 6.45) is 13.9. The van der Waals surface area contributed by atoms with Crippen LogP contribution in [-0.2, 0) is 14.2 Å². The van der Waals surface area contributed by atoms with Gasteiger partial charge >= 0.3 is 0 Å². The number of hydrogen-bond donors (Lipinski definition) is 0. The summed E-state index contributed by atoms with van der Waals surface area (Å²) in [5.41, 5.74) is 0. The molecule has 0 aromatic rings. The third kappa shape index (κ3) is 8.18. The second-order valence-electron chi connectivity index (χ2n) is 5.97. The monoisotopic (exact) mass is 302 g/mol. The summed E-state index contributed by atoms with van der Waals surface area (Å²) in [4.78, 5) is 0. The minimum atomic E-state index is -0.864. The van der Waals surface area contributed by atoms with E-state index >= 15 is 0 Å². The third-order valence-corrected chi connectivity index (χ3v) is 4.42. The first-order valence-corrected chi connectivity index (χ1v) is 8.86. The van der Waals surface area contributed by atoms with Crippen molar-refractivity contribution in [2.24, 2.45) is 5.92 Å². The van der Waals surface area contributed by atoms with E-state index in [0.29, 0.717) is 5.92 Å². The van der Waals surface area contributed by atoms with Crippen molar-refractivity contribution in [2.75, 3.05) is 21.3 Å². The highest BCUT2D eigenvalue weighted by Crippen LogP contribution is 2.32. The van der Waals surface area contributed by atoms with E-state index in [-0.39, 0.29) is 0 Å². The van der Waals surface area contributed by atoms with Crippen molar-refractivity contribution in [3.8, 4) is 0 Å². The van der Waals surface area contributed by atoms with Crippen molar-refractivity contribution in [3.05, 3.63) is 0 Å². The lowest BCUT2D eigenvalue weighted by atomic mass is 9.92. The summed E-state index contributed by atoms with van der Waals surface area (Å²) < 4.78 is 16.7. The fraction of sp³-hybridized carbons (Fsp3) is 1.00. The number of unbranched alkanes of at least 4 members (excludes halogenated alkanes) is 7. The minimum Gasteiger partial charge on any atom is -0.331 e. The van der Waals surface area contributed by atoms with Crippen molar-refractivity contribution >= 4 is 0 Å². The molecule has 0 aromatic carbocycles. The molecule has 1 unspecified atom stereocenters. The second-order valence-corrected chi connectivity index (χ2v) is 5.97. The van der Waals surface area contributed by atoms with E-state index in [4.69, 9.17) is 14.2 Å². The van der Waals surface area contributed by atoms with Gasteiger partial charge in [0.25, 0.3) is 5.97 Å². The normalized spacial score (nSPS) is 13.6. The molecule has 3 nitrogen and oxygen atoms in total. The zero-order valence-electron chi connectivity index (χ0n) is 15.1. The maximum absolute atomic E-state index is 5.58. The zero-order valence-corrected chi connectivity index (χ0v) is 15.1. The summed E-state index contributed by atoms with van der Waals surface area (Å²) in [5, 5.41) is 0. The summed E-state index contributed by atoms with van der Waals surface area (Å²) in [6.45, 7) is 4.49. The zero-order chi connectivity index (χ0) is 16.0. The molecule has 0 heterocycles. The lowest BCUT2D eigenvalue weighted by Crippen LogP contribution is -2.44. The number of methoxy groups -OCH3 is 3. The van der Waals surface area contributed by atoms with Gasteiger partial charge in [-0.3, -0.25) is 0 Å². The molecule has 0 bridgehead atoms. The Morgan fingerprint density at radius 1 is 0.619 bits per heavy atom. The first kappa shape index (κ1) is 20.9. The van der Waals surface area contributed by atoms with E-state index in [1.54, 1.807) is 21.3 Å². The molecule has 3 heteroatoms. The van der Waals surface area contributed by atoms with Crippen molar-refractivity contribution in [1.82, 2.24) is 0 Å². The Morgan fingerprint density at radius 2 is 1.00 bits per heavy atom. The summed E-state index contributed by atoms with van der Waals surface area (Å²) in [6, 6.07) is 0. The van der Waals surface area contributed by atoms with Crippen molar-refractivity contribution in [3.63, 3.8) is 0 Å². The van der Waals surface area contributed by atoms with E-state index in [1.807, 2.05) is 0 Å². The average molecular weight is 302 g/mol. The van der Waals surface area contributed by atoms with Crippen LogP contribution < -0.4 is 0 Å². The van der Waals surface area contributed by atoms with Crippen molar-refractivity contribution in [2.45, 2.75) is 90.4 Å². The Kier molecular flexibility index (Phi) is 13.5. The minimum absolute atomic E-state index is 0.315. The third-order valence-electron chi connectivity index (χ3n) is 4.42. The fourth-order valence-electron chi connectivity index (χ4n) is 3.06. The maximum Gasteiger partial charge on any atom is 0.285 e. The molecule has 0 N–H and O–H groups in total. The van der Waals surface area contributed by atoms with E-state index in [1.165, 1.54) is 57.8 Å². The fourth-order valence-corrected chi connectivity index (χ4v) is 3.06. The Balaban J connectivity index is 4.30. The molecule has 0 rings (SSSR count). The van der Waals surface area contributed by atoms with Crippen LogP contribution in [0, 0.1) is 5.92 Å². The predicted octanol–water partition coefficient (Wildman–Crippen LogP) is 5.53. The summed E-state index contributed by atoms with van der Waals surface area (Å²) in [7, 11) is 5.04. The molecule has 128 valence electrons.